The highest BCUT2D eigenvalue weighted by Gasteiger charge is 2.42. The van der Waals surface area contributed by atoms with E-state index >= 15 is 0 Å². The topological polar surface area (TPSA) is 78.4 Å². The molecule has 2 aliphatic rings. The van der Waals surface area contributed by atoms with E-state index in [9.17, 15) is 9.59 Å². The van der Waals surface area contributed by atoms with Crippen molar-refractivity contribution in [2.75, 3.05) is 5.32 Å². The van der Waals surface area contributed by atoms with Crippen LogP contribution in [-0.2, 0) is 0 Å². The van der Waals surface area contributed by atoms with E-state index in [4.69, 9.17) is 16.7 Å². The van der Waals surface area contributed by atoms with Gasteiger partial charge in [-0.3, -0.25) is 0 Å². The Hall–Kier alpha value is -1.75. The van der Waals surface area contributed by atoms with Gasteiger partial charge >= 0.3 is 12.0 Å². The van der Waals surface area contributed by atoms with E-state index in [1.165, 1.54) is 43.9 Å². The van der Waals surface area contributed by atoms with Crippen LogP contribution < -0.4 is 10.6 Å². The molecule has 6 heteroatoms. The van der Waals surface area contributed by atoms with Gasteiger partial charge in [-0.2, -0.15) is 0 Å². The van der Waals surface area contributed by atoms with Gasteiger partial charge in [0.25, 0.3) is 0 Å². The Kier molecular flexibility index (Phi) is 3.76. The standard InChI is InChI=1S/C15H17ClN2O3/c16-11-5-10(14(19)20)6-12(7-11)17-15(21)18-13(8-1-2-8)9-3-4-9/h5-9,13H,1-4H2,(H,19,20)(H2,17,18,21). The van der Waals surface area contributed by atoms with E-state index in [0.29, 0.717) is 17.5 Å². The van der Waals surface area contributed by atoms with Gasteiger partial charge in [0.15, 0.2) is 0 Å². The highest BCUT2D eigenvalue weighted by atomic mass is 35.5. The van der Waals surface area contributed by atoms with Crippen LogP contribution in [0.1, 0.15) is 36.0 Å². The maximum absolute atomic E-state index is 12.1. The average molecular weight is 309 g/mol. The van der Waals surface area contributed by atoms with Crippen LogP contribution in [-0.4, -0.2) is 23.1 Å². The molecule has 3 rings (SSSR count). The van der Waals surface area contributed by atoms with Crippen molar-refractivity contribution in [3.8, 4) is 0 Å². The number of carbonyl (C=O) groups is 2. The van der Waals surface area contributed by atoms with Crippen molar-refractivity contribution in [1.82, 2.24) is 5.32 Å². The molecule has 0 saturated heterocycles. The summed E-state index contributed by atoms with van der Waals surface area (Å²) in [4.78, 5) is 23.0. The molecule has 0 heterocycles. The smallest absolute Gasteiger partial charge is 0.335 e. The Labute approximate surface area is 127 Å². The van der Waals surface area contributed by atoms with E-state index in [1.807, 2.05) is 0 Å². The van der Waals surface area contributed by atoms with Gasteiger partial charge in [-0.05, 0) is 55.7 Å². The molecule has 0 aliphatic heterocycles. The zero-order valence-corrected chi connectivity index (χ0v) is 12.2. The fourth-order valence-corrected chi connectivity index (χ4v) is 2.87. The predicted octanol–water partition coefficient (Wildman–Crippen LogP) is 3.35. The van der Waals surface area contributed by atoms with Gasteiger partial charge in [-0.25, -0.2) is 9.59 Å². The zero-order chi connectivity index (χ0) is 15.0. The third-order valence-electron chi connectivity index (χ3n) is 3.96. The van der Waals surface area contributed by atoms with Crippen molar-refractivity contribution in [1.29, 1.82) is 0 Å². The first-order valence-corrected chi connectivity index (χ1v) is 7.52. The summed E-state index contributed by atoms with van der Waals surface area (Å²) in [6.45, 7) is 0. The van der Waals surface area contributed by atoms with Crippen LogP contribution in [0.4, 0.5) is 10.5 Å². The van der Waals surface area contributed by atoms with Crippen molar-refractivity contribution in [3.05, 3.63) is 28.8 Å². The SMILES string of the molecule is O=C(Nc1cc(Cl)cc(C(=O)O)c1)NC(C1CC1)C1CC1. The molecule has 0 aromatic heterocycles. The molecular weight excluding hydrogens is 292 g/mol. The molecule has 1 aromatic rings. The lowest BCUT2D eigenvalue weighted by molar-refractivity contribution is 0.0697. The van der Waals surface area contributed by atoms with Gasteiger partial charge in [0.1, 0.15) is 0 Å². The van der Waals surface area contributed by atoms with Crippen LogP contribution >= 0.6 is 11.6 Å². The summed E-state index contributed by atoms with van der Waals surface area (Å²) in [5, 5.41) is 15.0. The highest BCUT2D eigenvalue weighted by molar-refractivity contribution is 6.31. The van der Waals surface area contributed by atoms with Crippen molar-refractivity contribution in [3.63, 3.8) is 0 Å². The van der Waals surface area contributed by atoms with E-state index in [-0.39, 0.29) is 22.7 Å². The second-order valence-electron chi connectivity index (χ2n) is 5.83. The number of benzene rings is 1. The first kappa shape index (κ1) is 14.2. The number of nitrogens with one attached hydrogen (secondary N) is 2. The Morgan fingerprint density at radius 2 is 1.76 bits per heavy atom. The molecule has 112 valence electrons. The van der Waals surface area contributed by atoms with Crippen LogP contribution in [0.25, 0.3) is 0 Å². The number of hydrogen-bond donors (Lipinski definition) is 3. The van der Waals surface area contributed by atoms with Crippen LogP contribution in [0.3, 0.4) is 0 Å². The largest absolute Gasteiger partial charge is 0.478 e. The van der Waals surface area contributed by atoms with Crippen molar-refractivity contribution in [2.24, 2.45) is 11.8 Å². The second kappa shape index (κ2) is 5.56. The summed E-state index contributed by atoms with van der Waals surface area (Å²) in [7, 11) is 0. The molecule has 0 atom stereocenters. The predicted molar refractivity (Wildman–Crippen MR) is 79.8 cm³/mol. The monoisotopic (exact) mass is 308 g/mol. The van der Waals surface area contributed by atoms with Crippen LogP contribution in [0.5, 0.6) is 0 Å². The molecule has 0 spiro atoms. The first-order valence-electron chi connectivity index (χ1n) is 7.14. The number of anilines is 1. The minimum atomic E-state index is -1.07. The molecule has 2 saturated carbocycles. The molecule has 0 bridgehead atoms. The molecule has 2 amide bonds. The van der Waals surface area contributed by atoms with Crippen LogP contribution in [0, 0.1) is 11.8 Å². The lowest BCUT2D eigenvalue weighted by Crippen LogP contribution is -2.40. The number of aromatic carboxylic acids is 1. The minimum absolute atomic E-state index is 0.0544. The third-order valence-corrected chi connectivity index (χ3v) is 4.18. The molecule has 5 nitrogen and oxygen atoms in total. The summed E-state index contributed by atoms with van der Waals surface area (Å²) in [5.74, 6) is 0.143. The number of hydrogen-bond acceptors (Lipinski definition) is 2. The average Bonchev–Trinajstić information content (AvgIpc) is 3.26. The van der Waals surface area contributed by atoms with E-state index in [1.54, 1.807) is 0 Å². The number of urea groups is 1. The van der Waals surface area contributed by atoms with Gasteiger partial charge in [-0.15, -0.1) is 0 Å². The summed E-state index contributed by atoms with van der Waals surface area (Å²) < 4.78 is 0. The van der Waals surface area contributed by atoms with Gasteiger partial charge < -0.3 is 15.7 Å². The van der Waals surface area contributed by atoms with Crippen LogP contribution in [0.15, 0.2) is 18.2 Å². The normalized spacial score (nSPS) is 17.6. The highest BCUT2D eigenvalue weighted by Crippen LogP contribution is 2.44. The number of halogens is 1. The number of carbonyl (C=O) groups excluding carboxylic acids is 1. The summed E-state index contributed by atoms with van der Waals surface area (Å²) in [6.07, 6.45) is 4.73. The fourth-order valence-electron chi connectivity index (χ4n) is 2.64. The summed E-state index contributed by atoms with van der Waals surface area (Å²) in [5.41, 5.74) is 0.446. The number of amides is 2. The number of carboxylic acids is 1. The van der Waals surface area contributed by atoms with Gasteiger partial charge in [-0.1, -0.05) is 11.6 Å². The lowest BCUT2D eigenvalue weighted by Gasteiger charge is -2.18. The van der Waals surface area contributed by atoms with Crippen molar-refractivity contribution in [2.45, 2.75) is 31.7 Å². The van der Waals surface area contributed by atoms with Crippen LogP contribution in [0.2, 0.25) is 5.02 Å². The molecule has 21 heavy (non-hydrogen) atoms. The molecular formula is C15H17ClN2O3. The number of carboxylic acid groups (broad SMARTS) is 1. The minimum Gasteiger partial charge on any atom is -0.478 e. The quantitative estimate of drug-likeness (QED) is 0.780. The van der Waals surface area contributed by atoms with Crippen molar-refractivity contribution < 1.29 is 14.7 Å². The Balaban J connectivity index is 1.65. The van der Waals surface area contributed by atoms with Gasteiger partial charge in [0.05, 0.1) is 5.56 Å². The molecule has 2 aliphatic carbocycles. The fraction of sp³-hybridized carbons (Fsp3) is 0.467. The van der Waals surface area contributed by atoms with E-state index in [2.05, 4.69) is 10.6 Å². The Morgan fingerprint density at radius 3 is 2.29 bits per heavy atom. The molecule has 0 unspecified atom stereocenters. The lowest BCUT2D eigenvalue weighted by atomic mass is 10.1. The number of rotatable bonds is 5. The molecule has 0 radical (unpaired) electrons. The van der Waals surface area contributed by atoms with E-state index in [0.717, 1.165) is 0 Å². The summed E-state index contributed by atoms with van der Waals surface area (Å²) >= 11 is 5.87. The summed E-state index contributed by atoms with van der Waals surface area (Å²) in [6, 6.07) is 4.25. The van der Waals surface area contributed by atoms with Gasteiger partial charge in [0.2, 0.25) is 0 Å². The maximum atomic E-state index is 12.1. The third kappa shape index (κ3) is 3.67. The van der Waals surface area contributed by atoms with Gasteiger partial charge in [0, 0.05) is 16.8 Å². The Morgan fingerprint density at radius 1 is 1.14 bits per heavy atom. The molecule has 2 fully saturated rings. The van der Waals surface area contributed by atoms with Crippen molar-refractivity contribution >= 4 is 29.3 Å². The van der Waals surface area contributed by atoms with E-state index < -0.39 is 5.97 Å². The first-order chi connectivity index (χ1) is 10.0. The molecule has 3 N–H and O–H groups in total. The Bertz CT molecular complexity index is 570. The molecule has 1 aromatic carbocycles. The zero-order valence-electron chi connectivity index (χ0n) is 11.4. The second-order valence-corrected chi connectivity index (χ2v) is 6.27. The maximum Gasteiger partial charge on any atom is 0.335 e.